The van der Waals surface area contributed by atoms with Crippen molar-refractivity contribution in [2.45, 2.75) is 32.6 Å². The minimum atomic E-state index is -4.38. The highest BCUT2D eigenvalue weighted by molar-refractivity contribution is 5.64. The van der Waals surface area contributed by atoms with Gasteiger partial charge in [-0.15, -0.1) is 0 Å². The smallest absolute Gasteiger partial charge is 0.351 e. The van der Waals surface area contributed by atoms with E-state index in [4.69, 9.17) is 0 Å². The van der Waals surface area contributed by atoms with Crippen LogP contribution in [0.2, 0.25) is 0 Å². The van der Waals surface area contributed by atoms with E-state index in [0.29, 0.717) is 12.4 Å². The number of pyridine rings is 1. The number of hydrogen-bond acceptors (Lipinski definition) is 5. The number of anilines is 1. The van der Waals surface area contributed by atoms with Crippen molar-refractivity contribution in [2.75, 3.05) is 24.5 Å². The topological polar surface area (TPSA) is 65.9 Å². The number of nitrogens with one attached hydrogen (secondary N) is 1. The molecule has 1 aromatic carbocycles. The molecular weight excluding hydrogens is 455 g/mol. The predicted octanol–water partition coefficient (Wildman–Crippen LogP) is 4.70. The summed E-state index contributed by atoms with van der Waals surface area (Å²) in [5.74, 6) is 0.572. The maximum Gasteiger partial charge on any atom is 0.417 e. The van der Waals surface area contributed by atoms with Gasteiger partial charge in [0, 0.05) is 61.4 Å². The zero-order valence-corrected chi connectivity index (χ0v) is 19.5. The molecule has 0 radical (unpaired) electrons. The number of halogens is 3. The summed E-state index contributed by atoms with van der Waals surface area (Å²) < 4.78 is 40.5. The first-order chi connectivity index (χ1) is 16.8. The Labute approximate surface area is 201 Å². The van der Waals surface area contributed by atoms with Crippen molar-refractivity contribution >= 4 is 5.82 Å². The summed E-state index contributed by atoms with van der Waals surface area (Å²) in [5.41, 5.74) is 4.42. The molecule has 1 aliphatic rings. The van der Waals surface area contributed by atoms with Gasteiger partial charge in [0.05, 0.1) is 29.5 Å². The Balaban J connectivity index is 1.24. The van der Waals surface area contributed by atoms with E-state index >= 15 is 0 Å². The lowest BCUT2D eigenvalue weighted by atomic mass is 10.1. The van der Waals surface area contributed by atoms with Crippen LogP contribution < -0.4 is 4.90 Å². The number of benzene rings is 1. The van der Waals surface area contributed by atoms with E-state index in [1.807, 2.05) is 23.9 Å². The Morgan fingerprint density at radius 3 is 2.46 bits per heavy atom. The summed E-state index contributed by atoms with van der Waals surface area (Å²) in [6.07, 6.45) is 2.17. The highest BCUT2D eigenvalue weighted by atomic mass is 19.4. The van der Waals surface area contributed by atoms with Crippen molar-refractivity contribution in [3.63, 3.8) is 0 Å². The average molecular weight is 482 g/mol. The standard InChI is InChI=1S/C25H26F3N7/c1-17-13-34(16-30-17)22-6-3-19(4-7-22)24-20(11-31-32-24)15-33-9-10-35(18(2)14-33)23-8-5-21(12-29-23)25(26,27)28/h3-8,11-13,16,18H,9-10,14-15H2,1-2H3,(H,31,32)/t18-/m1/s1. The number of piperazine rings is 1. The second kappa shape index (κ2) is 9.18. The van der Waals surface area contributed by atoms with Gasteiger partial charge in [-0.2, -0.15) is 18.3 Å². The van der Waals surface area contributed by atoms with E-state index in [9.17, 15) is 13.2 Å². The first-order valence-electron chi connectivity index (χ1n) is 11.4. The van der Waals surface area contributed by atoms with Gasteiger partial charge < -0.3 is 9.47 Å². The van der Waals surface area contributed by atoms with Gasteiger partial charge in [0.2, 0.25) is 0 Å². The molecule has 0 aliphatic carbocycles. The highest BCUT2D eigenvalue weighted by Gasteiger charge is 2.32. The normalized spacial score (nSPS) is 17.2. The van der Waals surface area contributed by atoms with Gasteiger partial charge in [-0.05, 0) is 38.1 Å². The van der Waals surface area contributed by atoms with Crippen LogP contribution in [0.4, 0.5) is 19.0 Å². The Morgan fingerprint density at radius 2 is 1.83 bits per heavy atom. The van der Waals surface area contributed by atoms with Gasteiger partial charge in [0.1, 0.15) is 5.82 Å². The molecule has 0 saturated carbocycles. The monoisotopic (exact) mass is 481 g/mol. The first-order valence-corrected chi connectivity index (χ1v) is 11.4. The minimum Gasteiger partial charge on any atom is -0.351 e. The molecular formula is C25H26F3N7. The quantitative estimate of drug-likeness (QED) is 0.448. The van der Waals surface area contributed by atoms with Crippen LogP contribution in [0.1, 0.15) is 23.7 Å². The largest absolute Gasteiger partial charge is 0.417 e. The van der Waals surface area contributed by atoms with Gasteiger partial charge >= 0.3 is 6.18 Å². The molecule has 1 N–H and O–H groups in total. The van der Waals surface area contributed by atoms with Crippen LogP contribution in [0.5, 0.6) is 0 Å². The van der Waals surface area contributed by atoms with Gasteiger partial charge in [-0.1, -0.05) is 12.1 Å². The summed E-state index contributed by atoms with van der Waals surface area (Å²) in [6, 6.07) is 10.9. The zero-order valence-electron chi connectivity index (χ0n) is 19.5. The van der Waals surface area contributed by atoms with E-state index < -0.39 is 11.7 Å². The molecule has 0 bridgehead atoms. The lowest BCUT2D eigenvalue weighted by Crippen LogP contribution is -2.51. The highest BCUT2D eigenvalue weighted by Crippen LogP contribution is 2.30. The third kappa shape index (κ3) is 4.93. The summed E-state index contributed by atoms with van der Waals surface area (Å²) >= 11 is 0. The maximum absolute atomic E-state index is 12.9. The molecule has 1 atom stereocenters. The number of imidazole rings is 1. The van der Waals surface area contributed by atoms with Crippen LogP contribution in [0.3, 0.4) is 0 Å². The van der Waals surface area contributed by atoms with Crippen LogP contribution >= 0.6 is 0 Å². The molecule has 0 unspecified atom stereocenters. The molecule has 5 rings (SSSR count). The third-order valence-corrected chi connectivity index (χ3v) is 6.36. The maximum atomic E-state index is 12.9. The van der Waals surface area contributed by atoms with Gasteiger partial charge in [0.25, 0.3) is 0 Å². The second-order valence-electron chi connectivity index (χ2n) is 8.92. The molecule has 0 amide bonds. The fourth-order valence-corrected chi connectivity index (χ4v) is 4.53. The van der Waals surface area contributed by atoms with Crippen molar-refractivity contribution in [1.29, 1.82) is 0 Å². The molecule has 1 saturated heterocycles. The van der Waals surface area contributed by atoms with Crippen LogP contribution in [-0.4, -0.2) is 55.3 Å². The number of nitrogens with zero attached hydrogens (tertiary/aromatic N) is 6. The number of alkyl halides is 3. The zero-order chi connectivity index (χ0) is 24.6. The van der Waals surface area contributed by atoms with Crippen molar-refractivity contribution in [3.05, 3.63) is 78.1 Å². The van der Waals surface area contributed by atoms with E-state index in [1.165, 1.54) is 6.07 Å². The molecule has 7 nitrogen and oxygen atoms in total. The lowest BCUT2D eigenvalue weighted by Gasteiger charge is -2.40. The lowest BCUT2D eigenvalue weighted by molar-refractivity contribution is -0.137. The molecule has 182 valence electrons. The molecule has 4 heterocycles. The van der Waals surface area contributed by atoms with Crippen molar-refractivity contribution in [1.82, 2.24) is 29.6 Å². The minimum absolute atomic E-state index is 0.112. The van der Waals surface area contributed by atoms with Crippen molar-refractivity contribution in [3.8, 4) is 16.9 Å². The number of aromatic nitrogens is 5. The molecule has 3 aromatic heterocycles. The predicted molar refractivity (Wildman–Crippen MR) is 127 cm³/mol. The Bertz CT molecular complexity index is 1280. The van der Waals surface area contributed by atoms with Crippen molar-refractivity contribution in [2.24, 2.45) is 0 Å². The van der Waals surface area contributed by atoms with Crippen LogP contribution in [0.25, 0.3) is 16.9 Å². The third-order valence-electron chi connectivity index (χ3n) is 6.36. The molecule has 0 spiro atoms. The van der Waals surface area contributed by atoms with Crippen LogP contribution in [0, 0.1) is 6.92 Å². The number of rotatable bonds is 5. The number of aryl methyl sites for hydroxylation is 1. The van der Waals surface area contributed by atoms with Gasteiger partial charge in [-0.25, -0.2) is 9.97 Å². The van der Waals surface area contributed by atoms with Gasteiger partial charge in [-0.3, -0.25) is 10.00 Å². The second-order valence-corrected chi connectivity index (χ2v) is 8.92. The Kier molecular flexibility index (Phi) is 6.06. The molecule has 1 aliphatic heterocycles. The molecule has 1 fully saturated rings. The summed E-state index contributed by atoms with van der Waals surface area (Å²) in [5, 5.41) is 7.41. The van der Waals surface area contributed by atoms with E-state index in [2.05, 4.69) is 61.2 Å². The van der Waals surface area contributed by atoms with Crippen LogP contribution in [0.15, 0.2) is 61.3 Å². The molecule has 35 heavy (non-hydrogen) atoms. The summed E-state index contributed by atoms with van der Waals surface area (Å²) in [7, 11) is 0. The number of H-pyrrole nitrogens is 1. The van der Waals surface area contributed by atoms with E-state index in [1.54, 1.807) is 6.33 Å². The fraction of sp³-hybridized carbons (Fsp3) is 0.320. The molecule has 4 aromatic rings. The Morgan fingerprint density at radius 1 is 1.03 bits per heavy atom. The first kappa shape index (κ1) is 23.1. The average Bonchev–Trinajstić information content (AvgIpc) is 3.48. The fourth-order valence-electron chi connectivity index (χ4n) is 4.53. The molecule has 10 heteroatoms. The van der Waals surface area contributed by atoms with Crippen LogP contribution in [-0.2, 0) is 12.7 Å². The summed E-state index contributed by atoms with van der Waals surface area (Å²) in [4.78, 5) is 12.7. The van der Waals surface area contributed by atoms with Gasteiger partial charge in [0.15, 0.2) is 0 Å². The van der Waals surface area contributed by atoms with E-state index in [-0.39, 0.29) is 6.04 Å². The van der Waals surface area contributed by atoms with Crippen molar-refractivity contribution < 1.29 is 13.2 Å². The Hall–Kier alpha value is -3.66. The number of hydrogen-bond donors (Lipinski definition) is 1. The summed E-state index contributed by atoms with van der Waals surface area (Å²) in [6.45, 7) is 6.99. The number of aromatic amines is 1. The van der Waals surface area contributed by atoms with E-state index in [0.717, 1.165) is 60.1 Å². The SMILES string of the molecule is Cc1cn(-c2ccc(-c3[nH]ncc3CN3CCN(c4ccc(C(F)(F)F)cn4)[C@H](C)C3)cc2)cn1.